The van der Waals surface area contributed by atoms with Gasteiger partial charge in [0.1, 0.15) is 5.58 Å². The number of carbonyl (C=O) groups is 1. The smallest absolute Gasteiger partial charge is 0.291 e. The Labute approximate surface area is 176 Å². The monoisotopic (exact) mass is 453 g/mol. The summed E-state index contributed by atoms with van der Waals surface area (Å²) in [5.74, 6) is -0.102. The van der Waals surface area contributed by atoms with Crippen LogP contribution in [0.5, 0.6) is 0 Å². The summed E-state index contributed by atoms with van der Waals surface area (Å²) in [6, 6.07) is 12.7. The molecular weight excluding hydrogens is 434 g/mol. The molecule has 29 heavy (non-hydrogen) atoms. The Morgan fingerprint density at radius 1 is 1.17 bits per heavy atom. The van der Waals surface area contributed by atoms with Crippen molar-refractivity contribution in [3.63, 3.8) is 0 Å². The topological polar surface area (TPSA) is 59.8 Å². The molecule has 0 radical (unpaired) electrons. The maximum Gasteiger partial charge on any atom is 0.291 e. The van der Waals surface area contributed by atoms with Gasteiger partial charge in [0, 0.05) is 17.6 Å². The van der Waals surface area contributed by atoms with Crippen LogP contribution in [0.1, 0.15) is 46.1 Å². The molecule has 1 aromatic heterocycles. The molecule has 0 N–H and O–H groups in total. The van der Waals surface area contributed by atoms with Gasteiger partial charge < -0.3 is 14.1 Å². The Bertz CT molecular complexity index is 1180. The highest BCUT2D eigenvalue weighted by Crippen LogP contribution is 2.39. The molecule has 0 spiro atoms. The third kappa shape index (κ3) is 3.11. The largest absolute Gasteiger partial charge is 0.450 e. The Kier molecular flexibility index (Phi) is 4.56. The number of nitrogens with zero attached hydrogens (tertiary/aromatic N) is 1. The fraction of sp³-hybridized carbons (Fsp3) is 0.304. The lowest BCUT2D eigenvalue weighted by Gasteiger charge is -2.27. The molecule has 0 aliphatic carbocycles. The van der Waals surface area contributed by atoms with Crippen LogP contribution in [0.15, 0.2) is 56.1 Å². The highest BCUT2D eigenvalue weighted by molar-refractivity contribution is 9.10. The number of fused-ring (bicyclic) bond motifs is 2. The van der Waals surface area contributed by atoms with E-state index in [9.17, 15) is 9.59 Å². The van der Waals surface area contributed by atoms with Crippen LogP contribution in [0.4, 0.5) is 0 Å². The zero-order valence-corrected chi connectivity index (χ0v) is 17.6. The van der Waals surface area contributed by atoms with Crippen LogP contribution >= 0.6 is 15.9 Å². The highest BCUT2D eigenvalue weighted by atomic mass is 79.9. The van der Waals surface area contributed by atoms with Crippen molar-refractivity contribution in [2.75, 3.05) is 13.2 Å². The lowest BCUT2D eigenvalue weighted by atomic mass is 9.98. The molecule has 2 atom stereocenters. The average molecular weight is 454 g/mol. The predicted octanol–water partition coefficient (Wildman–Crippen LogP) is 4.59. The van der Waals surface area contributed by atoms with Crippen molar-refractivity contribution in [2.24, 2.45) is 0 Å². The molecule has 2 aliphatic heterocycles. The van der Waals surface area contributed by atoms with Gasteiger partial charge in [-0.3, -0.25) is 9.59 Å². The molecule has 3 heterocycles. The minimum absolute atomic E-state index is 0.0188. The third-order valence-electron chi connectivity index (χ3n) is 5.71. The second-order valence-corrected chi connectivity index (χ2v) is 8.64. The van der Waals surface area contributed by atoms with Gasteiger partial charge in [0.15, 0.2) is 5.43 Å². The summed E-state index contributed by atoms with van der Waals surface area (Å²) in [5, 5.41) is 0.510. The summed E-state index contributed by atoms with van der Waals surface area (Å²) in [6.07, 6.45) is 1.88. The van der Waals surface area contributed by atoms with E-state index < -0.39 is 6.04 Å². The molecule has 1 fully saturated rings. The molecule has 1 amide bonds. The third-order valence-corrected chi connectivity index (χ3v) is 6.20. The van der Waals surface area contributed by atoms with Crippen molar-refractivity contribution in [3.8, 4) is 0 Å². The Morgan fingerprint density at radius 3 is 2.79 bits per heavy atom. The summed E-state index contributed by atoms with van der Waals surface area (Å²) in [4.78, 5) is 28.6. The number of aryl methyl sites for hydroxylation is 1. The van der Waals surface area contributed by atoms with E-state index in [1.165, 1.54) is 0 Å². The van der Waals surface area contributed by atoms with Crippen molar-refractivity contribution in [1.82, 2.24) is 4.90 Å². The van der Waals surface area contributed by atoms with Gasteiger partial charge >= 0.3 is 0 Å². The van der Waals surface area contributed by atoms with Crippen molar-refractivity contribution < 1.29 is 13.9 Å². The molecule has 0 unspecified atom stereocenters. The maximum atomic E-state index is 13.5. The number of rotatable bonds is 3. The second-order valence-electron chi connectivity index (χ2n) is 7.72. The number of amides is 1. The Balaban J connectivity index is 1.72. The van der Waals surface area contributed by atoms with E-state index in [1.807, 2.05) is 43.3 Å². The second kappa shape index (κ2) is 7.11. The van der Waals surface area contributed by atoms with Crippen molar-refractivity contribution in [3.05, 3.63) is 79.6 Å². The first-order valence-corrected chi connectivity index (χ1v) is 10.6. The molecule has 6 heteroatoms. The van der Waals surface area contributed by atoms with Crippen LogP contribution in [0, 0.1) is 6.92 Å². The molecule has 2 aliphatic rings. The van der Waals surface area contributed by atoms with Crippen LogP contribution in [0.2, 0.25) is 0 Å². The minimum atomic E-state index is -0.486. The molecule has 3 aromatic rings. The van der Waals surface area contributed by atoms with Crippen LogP contribution in [0.3, 0.4) is 0 Å². The quantitative estimate of drug-likeness (QED) is 0.581. The summed E-state index contributed by atoms with van der Waals surface area (Å²) in [5.41, 5.74) is 2.58. The summed E-state index contributed by atoms with van der Waals surface area (Å²) >= 11 is 3.51. The average Bonchev–Trinajstić information content (AvgIpc) is 3.31. The van der Waals surface area contributed by atoms with Crippen molar-refractivity contribution in [1.29, 1.82) is 0 Å². The SMILES string of the molecule is Cc1ccc2oc3c(c(=O)c2c1)[C@H](c1cccc(Br)c1)N(C[C@H]1CCCO1)C3=O. The first kappa shape index (κ1) is 18.6. The van der Waals surface area contributed by atoms with E-state index in [-0.39, 0.29) is 23.2 Å². The van der Waals surface area contributed by atoms with Crippen molar-refractivity contribution >= 4 is 32.8 Å². The summed E-state index contributed by atoms with van der Waals surface area (Å²) in [6.45, 7) is 3.09. The number of halogens is 1. The van der Waals surface area contributed by atoms with Crippen LogP contribution in [0.25, 0.3) is 11.0 Å². The zero-order chi connectivity index (χ0) is 20.1. The minimum Gasteiger partial charge on any atom is -0.450 e. The molecule has 0 saturated carbocycles. The van der Waals surface area contributed by atoms with Gasteiger partial charge in [-0.05, 0) is 49.6 Å². The molecule has 148 valence electrons. The van der Waals surface area contributed by atoms with E-state index in [0.29, 0.717) is 29.7 Å². The molecule has 0 bridgehead atoms. The van der Waals surface area contributed by atoms with Crippen LogP contribution < -0.4 is 5.43 Å². The van der Waals surface area contributed by atoms with Gasteiger partial charge in [-0.2, -0.15) is 0 Å². The number of ether oxygens (including phenoxy) is 1. The fourth-order valence-electron chi connectivity index (χ4n) is 4.35. The summed E-state index contributed by atoms with van der Waals surface area (Å²) < 4.78 is 12.7. The molecule has 1 saturated heterocycles. The van der Waals surface area contributed by atoms with E-state index in [2.05, 4.69) is 15.9 Å². The van der Waals surface area contributed by atoms with Gasteiger partial charge in [-0.1, -0.05) is 39.7 Å². The first-order chi connectivity index (χ1) is 14.0. The van der Waals surface area contributed by atoms with Gasteiger partial charge in [0.2, 0.25) is 5.76 Å². The molecular formula is C23H20BrNO4. The Morgan fingerprint density at radius 2 is 2.03 bits per heavy atom. The number of hydrogen-bond acceptors (Lipinski definition) is 4. The molecule has 5 rings (SSSR count). The fourth-order valence-corrected chi connectivity index (χ4v) is 4.77. The standard InChI is InChI=1S/C23H20BrNO4/c1-13-7-8-18-17(10-13)21(26)19-20(14-4-2-5-15(24)11-14)25(23(27)22(19)29-18)12-16-6-3-9-28-16/h2,4-5,7-8,10-11,16,20H,3,6,9,12H2,1H3/t16-,20+/m1/s1. The van der Waals surface area contributed by atoms with Gasteiger partial charge in [-0.15, -0.1) is 0 Å². The Hall–Kier alpha value is -2.44. The van der Waals surface area contributed by atoms with Crippen LogP contribution in [-0.2, 0) is 4.74 Å². The van der Waals surface area contributed by atoms with Crippen molar-refractivity contribution in [2.45, 2.75) is 31.9 Å². The summed E-state index contributed by atoms with van der Waals surface area (Å²) in [7, 11) is 0. The zero-order valence-electron chi connectivity index (χ0n) is 16.0. The van der Waals surface area contributed by atoms with Crippen LogP contribution in [-0.4, -0.2) is 30.1 Å². The van der Waals surface area contributed by atoms with E-state index in [0.717, 1.165) is 28.4 Å². The lowest BCUT2D eigenvalue weighted by Crippen LogP contribution is -2.36. The van der Waals surface area contributed by atoms with Gasteiger partial charge in [-0.25, -0.2) is 0 Å². The maximum absolute atomic E-state index is 13.5. The molecule has 5 nitrogen and oxygen atoms in total. The van der Waals surface area contributed by atoms with E-state index in [4.69, 9.17) is 9.15 Å². The predicted molar refractivity (Wildman–Crippen MR) is 113 cm³/mol. The molecule has 2 aromatic carbocycles. The lowest BCUT2D eigenvalue weighted by molar-refractivity contribution is 0.0486. The van der Waals surface area contributed by atoms with Gasteiger partial charge in [0.05, 0.1) is 23.1 Å². The highest BCUT2D eigenvalue weighted by Gasteiger charge is 2.43. The number of benzene rings is 2. The van der Waals surface area contributed by atoms with E-state index in [1.54, 1.807) is 11.0 Å². The van der Waals surface area contributed by atoms with Gasteiger partial charge in [0.25, 0.3) is 5.91 Å². The van der Waals surface area contributed by atoms with E-state index >= 15 is 0 Å². The number of carbonyl (C=O) groups excluding carboxylic acids is 1. The normalized spacial score (nSPS) is 21.2. The first-order valence-electron chi connectivity index (χ1n) is 9.78. The number of hydrogen-bond donors (Lipinski definition) is 0.